The number of hydrogen-bond donors (Lipinski definition) is 0. The molecule has 3 heterocycles. The highest BCUT2D eigenvalue weighted by molar-refractivity contribution is 5.67. The second-order valence-electron chi connectivity index (χ2n) is 12.6. The van der Waals surface area contributed by atoms with Gasteiger partial charge in [0.25, 0.3) is 0 Å². The number of nitrogens with zero attached hydrogens (tertiary/aromatic N) is 4. The Balaban J connectivity index is 1.62. The molecule has 1 aliphatic heterocycles. The SMILES string of the molecule is Cc1ccccc1-n1cc2nc1-c1nc(cn1-c1ccccc1C)C(C)(C)c1cccc(c1)-c1cccc(c1)C2(C)C. The van der Waals surface area contributed by atoms with Crippen molar-refractivity contribution >= 4 is 0 Å². The van der Waals surface area contributed by atoms with Crippen molar-refractivity contribution in [2.24, 2.45) is 0 Å². The number of imidazole rings is 2. The summed E-state index contributed by atoms with van der Waals surface area (Å²) in [5, 5.41) is 0. The number of aromatic nitrogens is 4. The molecule has 6 aromatic rings. The van der Waals surface area contributed by atoms with Crippen molar-refractivity contribution < 1.29 is 0 Å². The van der Waals surface area contributed by atoms with E-state index in [-0.39, 0.29) is 10.8 Å². The van der Waals surface area contributed by atoms with Crippen LogP contribution >= 0.6 is 0 Å². The van der Waals surface area contributed by atoms with Gasteiger partial charge in [-0.1, -0.05) is 113 Å². The molecule has 8 bridgehead atoms. The molecule has 0 spiro atoms. The predicted octanol–water partition coefficient (Wildman–Crippen LogP) is 8.97. The lowest BCUT2D eigenvalue weighted by molar-refractivity contribution is 0.618. The van der Waals surface area contributed by atoms with Gasteiger partial charge in [0.1, 0.15) is 0 Å². The topological polar surface area (TPSA) is 35.6 Å². The monoisotopic (exact) mass is 548 g/mol. The van der Waals surface area contributed by atoms with Gasteiger partial charge in [-0.15, -0.1) is 0 Å². The standard InChI is InChI=1S/C38H36N4/c1-25-13-7-9-19-31(25)41-23-33-37(3,4)29-17-11-15-27(21-29)28-16-12-18-30(22-28)38(5,6)34-24-42(36(40-34)35(41)39-33)32-20-10-8-14-26(32)2/h7-24H,1-6H3. The van der Waals surface area contributed by atoms with E-state index in [0.717, 1.165) is 34.4 Å². The quantitative estimate of drug-likeness (QED) is 0.216. The van der Waals surface area contributed by atoms with E-state index in [2.05, 4.69) is 160 Å². The molecule has 0 saturated heterocycles. The fraction of sp³-hybridized carbons (Fsp3) is 0.211. The Kier molecular flexibility index (Phi) is 5.88. The molecule has 4 nitrogen and oxygen atoms in total. The van der Waals surface area contributed by atoms with Crippen molar-refractivity contribution in [3.8, 4) is 34.2 Å². The first-order chi connectivity index (χ1) is 20.1. The Labute approximate surface area is 248 Å². The Morgan fingerprint density at radius 2 is 0.905 bits per heavy atom. The van der Waals surface area contributed by atoms with Crippen molar-refractivity contribution in [3.05, 3.63) is 143 Å². The minimum Gasteiger partial charge on any atom is -0.297 e. The lowest BCUT2D eigenvalue weighted by Crippen LogP contribution is -2.20. The molecule has 7 rings (SSSR count). The Morgan fingerprint density at radius 1 is 0.500 bits per heavy atom. The van der Waals surface area contributed by atoms with Crippen LogP contribution in [0.1, 0.15) is 61.3 Å². The molecule has 4 aromatic carbocycles. The summed E-state index contributed by atoms with van der Waals surface area (Å²) in [7, 11) is 0. The number of benzene rings is 4. The zero-order chi connectivity index (χ0) is 29.2. The minimum atomic E-state index is -0.345. The van der Waals surface area contributed by atoms with Gasteiger partial charge >= 0.3 is 0 Å². The van der Waals surface area contributed by atoms with Crippen LogP contribution in [0.25, 0.3) is 34.2 Å². The van der Waals surface area contributed by atoms with Crippen LogP contribution in [0, 0.1) is 13.8 Å². The molecule has 0 radical (unpaired) electrons. The smallest absolute Gasteiger partial charge is 0.181 e. The van der Waals surface area contributed by atoms with E-state index in [1.165, 1.54) is 33.4 Å². The van der Waals surface area contributed by atoms with Gasteiger partial charge in [-0.25, -0.2) is 9.97 Å². The number of para-hydroxylation sites is 2. The number of hydrogen-bond acceptors (Lipinski definition) is 2. The Hall–Kier alpha value is -4.70. The van der Waals surface area contributed by atoms with Crippen LogP contribution in [-0.2, 0) is 10.8 Å². The summed E-state index contributed by atoms with van der Waals surface area (Å²) in [5.41, 5.74) is 10.8. The summed E-state index contributed by atoms with van der Waals surface area (Å²) in [4.78, 5) is 10.9. The first kappa shape index (κ1) is 26.2. The molecule has 208 valence electrons. The van der Waals surface area contributed by atoms with Gasteiger partial charge < -0.3 is 0 Å². The Bertz CT molecular complexity index is 1820. The van der Waals surface area contributed by atoms with Crippen LogP contribution in [0.3, 0.4) is 0 Å². The van der Waals surface area contributed by atoms with Crippen LogP contribution < -0.4 is 0 Å². The van der Waals surface area contributed by atoms with E-state index in [4.69, 9.17) is 9.97 Å². The van der Waals surface area contributed by atoms with Crippen LogP contribution in [-0.4, -0.2) is 19.1 Å². The van der Waals surface area contributed by atoms with Gasteiger partial charge in [0.15, 0.2) is 11.6 Å². The van der Waals surface area contributed by atoms with Crippen molar-refractivity contribution in [2.75, 3.05) is 0 Å². The average Bonchev–Trinajstić information content (AvgIpc) is 3.63. The van der Waals surface area contributed by atoms with Crippen LogP contribution in [0.2, 0.25) is 0 Å². The number of aryl methyl sites for hydroxylation is 2. The predicted molar refractivity (Wildman–Crippen MR) is 172 cm³/mol. The second-order valence-corrected chi connectivity index (χ2v) is 12.6. The fourth-order valence-electron chi connectivity index (χ4n) is 6.18. The second kappa shape index (κ2) is 9.42. The lowest BCUT2D eigenvalue weighted by Gasteiger charge is -2.25. The molecule has 2 aromatic heterocycles. The maximum atomic E-state index is 5.44. The highest BCUT2D eigenvalue weighted by Crippen LogP contribution is 2.40. The van der Waals surface area contributed by atoms with Gasteiger partial charge in [-0.2, -0.15) is 0 Å². The van der Waals surface area contributed by atoms with Crippen molar-refractivity contribution in [3.63, 3.8) is 0 Å². The highest BCUT2D eigenvalue weighted by atomic mass is 15.2. The van der Waals surface area contributed by atoms with Crippen LogP contribution in [0.4, 0.5) is 0 Å². The molecule has 0 amide bonds. The van der Waals surface area contributed by atoms with Gasteiger partial charge in [-0.3, -0.25) is 9.13 Å². The normalized spacial score (nSPS) is 14.8. The Morgan fingerprint density at radius 3 is 1.31 bits per heavy atom. The van der Waals surface area contributed by atoms with E-state index >= 15 is 0 Å². The van der Waals surface area contributed by atoms with E-state index < -0.39 is 0 Å². The van der Waals surface area contributed by atoms with E-state index in [1.54, 1.807) is 0 Å². The molecule has 0 atom stereocenters. The van der Waals surface area contributed by atoms with E-state index in [9.17, 15) is 0 Å². The minimum absolute atomic E-state index is 0.345. The number of fused-ring (bicyclic) bond motifs is 10. The third kappa shape index (κ3) is 4.05. The largest absolute Gasteiger partial charge is 0.297 e. The first-order valence-corrected chi connectivity index (χ1v) is 14.7. The third-order valence-electron chi connectivity index (χ3n) is 9.14. The maximum absolute atomic E-state index is 5.44. The molecule has 0 N–H and O–H groups in total. The average molecular weight is 549 g/mol. The van der Waals surface area contributed by atoms with Crippen molar-refractivity contribution in [1.82, 2.24) is 19.1 Å². The zero-order valence-corrected chi connectivity index (χ0v) is 25.2. The van der Waals surface area contributed by atoms with Gasteiger partial charge in [0, 0.05) is 23.2 Å². The molecule has 1 aliphatic rings. The molecule has 0 aliphatic carbocycles. The van der Waals surface area contributed by atoms with Gasteiger partial charge in [0.05, 0.1) is 22.8 Å². The summed E-state index contributed by atoms with van der Waals surface area (Å²) in [6, 6.07) is 34.9. The fourth-order valence-corrected chi connectivity index (χ4v) is 6.18. The molecule has 0 unspecified atom stereocenters. The molecular weight excluding hydrogens is 512 g/mol. The number of rotatable bonds is 2. The summed E-state index contributed by atoms with van der Waals surface area (Å²) >= 11 is 0. The third-order valence-corrected chi connectivity index (χ3v) is 9.14. The first-order valence-electron chi connectivity index (χ1n) is 14.7. The molecule has 0 fully saturated rings. The summed E-state index contributed by atoms with van der Waals surface area (Å²) in [5.74, 6) is 1.67. The lowest BCUT2D eigenvalue weighted by atomic mass is 9.79. The van der Waals surface area contributed by atoms with Gasteiger partial charge in [0.2, 0.25) is 0 Å². The van der Waals surface area contributed by atoms with E-state index in [1.807, 2.05) is 0 Å². The molecular formula is C38H36N4. The highest BCUT2D eigenvalue weighted by Gasteiger charge is 2.33. The molecule has 42 heavy (non-hydrogen) atoms. The van der Waals surface area contributed by atoms with E-state index in [0.29, 0.717) is 0 Å². The summed E-state index contributed by atoms with van der Waals surface area (Å²) in [6.07, 6.45) is 4.43. The maximum Gasteiger partial charge on any atom is 0.181 e. The zero-order valence-electron chi connectivity index (χ0n) is 25.2. The van der Waals surface area contributed by atoms with Gasteiger partial charge in [-0.05, 0) is 59.4 Å². The molecule has 4 heteroatoms. The van der Waals surface area contributed by atoms with Crippen LogP contribution in [0.5, 0.6) is 0 Å². The summed E-state index contributed by atoms with van der Waals surface area (Å²) < 4.78 is 4.48. The summed E-state index contributed by atoms with van der Waals surface area (Å²) in [6.45, 7) is 13.4. The van der Waals surface area contributed by atoms with Crippen LogP contribution in [0.15, 0.2) is 109 Å². The van der Waals surface area contributed by atoms with Crippen molar-refractivity contribution in [2.45, 2.75) is 52.4 Å². The van der Waals surface area contributed by atoms with Crippen molar-refractivity contribution in [1.29, 1.82) is 0 Å². The molecule has 0 saturated carbocycles.